The van der Waals surface area contributed by atoms with E-state index in [2.05, 4.69) is 48.5 Å². The molecule has 0 aromatic rings. The Morgan fingerprint density at radius 3 is 2.21 bits per heavy atom. The maximum Gasteiger partial charge on any atom is 0.308 e. The lowest BCUT2D eigenvalue weighted by molar-refractivity contribution is -0.149. The Kier molecular flexibility index (Phi) is 7.35. The highest BCUT2D eigenvalue weighted by Crippen LogP contribution is 2.69. The van der Waals surface area contributed by atoms with E-state index >= 15 is 0 Å². The summed E-state index contributed by atoms with van der Waals surface area (Å²) in [5.74, 6) is 7.08. The third-order valence-electron chi connectivity index (χ3n) is 12.6. The first-order chi connectivity index (χ1) is 15.5. The number of ether oxygens (including phenoxy) is 1. The molecule has 0 bridgehead atoms. The van der Waals surface area contributed by atoms with Crippen molar-refractivity contribution in [3.8, 4) is 0 Å². The third-order valence-corrected chi connectivity index (χ3v) is 12.6. The largest absolute Gasteiger partial charge is 0.469 e. The van der Waals surface area contributed by atoms with Crippen molar-refractivity contribution < 1.29 is 9.53 Å². The minimum Gasteiger partial charge on any atom is -0.469 e. The summed E-state index contributed by atoms with van der Waals surface area (Å²) in [6, 6.07) is 0. The van der Waals surface area contributed by atoms with Crippen molar-refractivity contribution in [2.45, 2.75) is 113 Å². The van der Waals surface area contributed by atoms with E-state index in [0.29, 0.717) is 28.6 Å². The number of hydrogen-bond donors (Lipinski definition) is 0. The van der Waals surface area contributed by atoms with Crippen LogP contribution in [0.3, 0.4) is 0 Å². The lowest BCUT2D eigenvalue weighted by Gasteiger charge is -2.62. The summed E-state index contributed by atoms with van der Waals surface area (Å²) in [6.07, 6.45) is 14.1. The van der Waals surface area contributed by atoms with Crippen LogP contribution < -0.4 is 0 Å². The molecule has 2 heteroatoms. The molecule has 0 spiro atoms. The summed E-state index contributed by atoms with van der Waals surface area (Å²) in [5, 5.41) is 0. The molecule has 4 rings (SSSR count). The zero-order chi connectivity index (χ0) is 24.1. The first kappa shape index (κ1) is 25.6. The molecule has 0 aromatic heterocycles. The van der Waals surface area contributed by atoms with Gasteiger partial charge in [-0.05, 0) is 115 Å². The van der Waals surface area contributed by atoms with Gasteiger partial charge in [-0.15, -0.1) is 0 Å². The summed E-state index contributed by atoms with van der Waals surface area (Å²) in [4.78, 5) is 12.7. The molecule has 0 heterocycles. The van der Waals surface area contributed by atoms with Crippen LogP contribution in [0.2, 0.25) is 0 Å². The number of carbonyl (C=O) groups is 1. The maximum atomic E-state index is 12.7. The summed E-state index contributed by atoms with van der Waals surface area (Å²) in [5.41, 5.74) is 1.08. The number of hydrogen-bond acceptors (Lipinski definition) is 2. The number of fused-ring (bicyclic) bond motifs is 5. The highest BCUT2D eigenvalue weighted by atomic mass is 16.5. The molecule has 0 aromatic carbocycles. The highest BCUT2D eigenvalue weighted by Gasteiger charge is 2.61. The van der Waals surface area contributed by atoms with Crippen LogP contribution in [0.5, 0.6) is 0 Å². The topological polar surface area (TPSA) is 26.3 Å². The van der Waals surface area contributed by atoms with Crippen molar-refractivity contribution in [1.29, 1.82) is 0 Å². The van der Waals surface area contributed by atoms with E-state index in [4.69, 9.17) is 4.74 Å². The number of rotatable bonds is 6. The van der Waals surface area contributed by atoms with Crippen LogP contribution >= 0.6 is 0 Å². The number of esters is 1. The van der Waals surface area contributed by atoms with Crippen molar-refractivity contribution in [2.24, 2.45) is 70.0 Å². The van der Waals surface area contributed by atoms with Gasteiger partial charge >= 0.3 is 5.97 Å². The van der Waals surface area contributed by atoms with Crippen LogP contribution in [0, 0.1) is 70.0 Å². The average molecular weight is 459 g/mol. The van der Waals surface area contributed by atoms with E-state index in [1.807, 2.05) is 0 Å². The molecule has 33 heavy (non-hydrogen) atoms. The second-order valence-electron chi connectivity index (χ2n) is 14.1. The predicted molar refractivity (Wildman–Crippen MR) is 138 cm³/mol. The smallest absolute Gasteiger partial charge is 0.308 e. The summed E-state index contributed by atoms with van der Waals surface area (Å²) < 4.78 is 5.28. The average Bonchev–Trinajstić information content (AvgIpc) is 3.13. The zero-order valence-corrected chi connectivity index (χ0v) is 23.2. The molecule has 4 aliphatic rings. The van der Waals surface area contributed by atoms with Crippen LogP contribution in [0.15, 0.2) is 0 Å². The molecule has 11 atom stereocenters. The second kappa shape index (κ2) is 9.50. The lowest BCUT2D eigenvalue weighted by Crippen LogP contribution is -2.54. The summed E-state index contributed by atoms with van der Waals surface area (Å²) >= 11 is 0. The van der Waals surface area contributed by atoms with Crippen LogP contribution in [0.1, 0.15) is 113 Å². The van der Waals surface area contributed by atoms with Gasteiger partial charge < -0.3 is 4.74 Å². The Morgan fingerprint density at radius 1 is 0.879 bits per heavy atom. The van der Waals surface area contributed by atoms with Gasteiger partial charge in [0.25, 0.3) is 0 Å². The van der Waals surface area contributed by atoms with Crippen LogP contribution in [0.25, 0.3) is 0 Å². The maximum absolute atomic E-state index is 12.7. The SMILES string of the molecule is COC(=O)[C@@H](C[C@@H](C)[C@H]1CC[C@H]2[C@@H]3CC[C@H]4[C@H](C)CCC[C@]4(C)[C@H]3CC[C@]12C)[C@H](C)C(C)C. The van der Waals surface area contributed by atoms with Gasteiger partial charge in [-0.25, -0.2) is 0 Å². The predicted octanol–water partition coefficient (Wildman–Crippen LogP) is 8.39. The monoisotopic (exact) mass is 458 g/mol. The Labute approximate surface area is 205 Å². The molecule has 2 nitrogen and oxygen atoms in total. The van der Waals surface area contributed by atoms with Gasteiger partial charge in [0.05, 0.1) is 13.0 Å². The van der Waals surface area contributed by atoms with E-state index in [1.165, 1.54) is 57.8 Å². The Balaban J connectivity index is 1.51. The fourth-order valence-electron chi connectivity index (χ4n) is 10.5. The molecular weight excluding hydrogens is 404 g/mol. The summed E-state index contributed by atoms with van der Waals surface area (Å²) in [7, 11) is 1.57. The third kappa shape index (κ3) is 4.22. The molecule has 4 aliphatic carbocycles. The molecule has 0 N–H and O–H groups in total. The van der Waals surface area contributed by atoms with Crippen molar-refractivity contribution in [1.82, 2.24) is 0 Å². The molecule has 4 fully saturated rings. The van der Waals surface area contributed by atoms with E-state index in [0.717, 1.165) is 41.9 Å². The van der Waals surface area contributed by atoms with Crippen LogP contribution in [-0.4, -0.2) is 13.1 Å². The first-order valence-electron chi connectivity index (χ1n) is 14.6. The number of carbonyl (C=O) groups excluding carboxylic acids is 1. The molecule has 190 valence electrons. The first-order valence-corrected chi connectivity index (χ1v) is 14.6. The van der Waals surface area contributed by atoms with Crippen molar-refractivity contribution in [2.75, 3.05) is 7.11 Å². The van der Waals surface area contributed by atoms with Gasteiger partial charge in [0, 0.05) is 0 Å². The quantitative estimate of drug-likeness (QED) is 0.373. The van der Waals surface area contributed by atoms with E-state index in [9.17, 15) is 4.79 Å². The van der Waals surface area contributed by atoms with E-state index < -0.39 is 0 Å². The molecule has 0 aliphatic heterocycles. The normalized spacial score (nSPS) is 45.5. The fourth-order valence-corrected chi connectivity index (χ4v) is 10.5. The van der Waals surface area contributed by atoms with Gasteiger partial charge in [-0.1, -0.05) is 61.3 Å². The fraction of sp³-hybridized carbons (Fsp3) is 0.968. The molecule has 0 unspecified atom stereocenters. The van der Waals surface area contributed by atoms with Gasteiger partial charge in [0.2, 0.25) is 0 Å². The minimum atomic E-state index is 0.0177. The van der Waals surface area contributed by atoms with E-state index in [1.54, 1.807) is 7.11 Å². The zero-order valence-electron chi connectivity index (χ0n) is 23.2. The Bertz CT molecular complexity index is 699. The van der Waals surface area contributed by atoms with Crippen molar-refractivity contribution >= 4 is 5.97 Å². The Morgan fingerprint density at radius 2 is 1.55 bits per heavy atom. The van der Waals surface area contributed by atoms with Crippen LogP contribution in [0.4, 0.5) is 0 Å². The van der Waals surface area contributed by atoms with E-state index in [-0.39, 0.29) is 11.9 Å². The lowest BCUT2D eigenvalue weighted by atomic mass is 9.43. The Hall–Kier alpha value is -0.530. The second-order valence-corrected chi connectivity index (χ2v) is 14.1. The minimum absolute atomic E-state index is 0.0177. The van der Waals surface area contributed by atoms with Crippen molar-refractivity contribution in [3.05, 3.63) is 0 Å². The van der Waals surface area contributed by atoms with Crippen molar-refractivity contribution in [3.63, 3.8) is 0 Å². The molecule has 0 radical (unpaired) electrons. The molecule has 4 saturated carbocycles. The van der Waals surface area contributed by atoms with Gasteiger partial charge in [0.1, 0.15) is 0 Å². The highest BCUT2D eigenvalue weighted by molar-refractivity contribution is 5.72. The molecule has 0 saturated heterocycles. The number of methoxy groups -OCH3 is 1. The van der Waals surface area contributed by atoms with Gasteiger partial charge in [0.15, 0.2) is 0 Å². The molecule has 0 amide bonds. The molecular formula is C31H54O2. The van der Waals surface area contributed by atoms with Crippen LogP contribution in [-0.2, 0) is 9.53 Å². The van der Waals surface area contributed by atoms with Gasteiger partial charge in [-0.2, -0.15) is 0 Å². The standard InChI is InChI=1S/C31H54O2/c1-19(2)22(5)24(29(32)33-8)18-21(4)26-13-14-27-23-11-12-25-20(3)10-9-16-30(25,6)28(23)15-17-31(26,27)7/h19-28H,9-18H2,1-8H3/t20-,21-,22-,23+,24+,25+,26-,27+,28+,30+,31-/m1/s1. The summed E-state index contributed by atoms with van der Waals surface area (Å²) in [6.45, 7) is 17.2. The van der Waals surface area contributed by atoms with Gasteiger partial charge in [-0.3, -0.25) is 4.79 Å².